The zero-order valence-electron chi connectivity index (χ0n) is 10.8. The Morgan fingerprint density at radius 3 is 2.55 bits per heavy atom. The molecule has 0 spiro atoms. The molecule has 0 aliphatic carbocycles. The van der Waals surface area contributed by atoms with E-state index in [9.17, 15) is 9.90 Å². The lowest BCUT2D eigenvalue weighted by molar-refractivity contribution is 0.0601. The fourth-order valence-electron chi connectivity index (χ4n) is 2.04. The number of aromatic hydroxyl groups is 1. The van der Waals surface area contributed by atoms with Gasteiger partial charge >= 0.3 is 5.97 Å². The molecule has 0 aliphatic rings. The van der Waals surface area contributed by atoms with Crippen LogP contribution in [-0.2, 0) is 4.74 Å². The Labute approximate surface area is 120 Å². The highest BCUT2D eigenvalue weighted by molar-refractivity contribution is 7.22. The summed E-state index contributed by atoms with van der Waals surface area (Å²) in [5, 5.41) is 10.4. The van der Waals surface area contributed by atoms with Crippen LogP contribution in [0.3, 0.4) is 0 Å². The van der Waals surface area contributed by atoms with Crippen LogP contribution in [0.4, 0.5) is 0 Å². The maximum absolute atomic E-state index is 11.5. The smallest absolute Gasteiger partial charge is 0.337 e. The molecule has 1 heterocycles. The van der Waals surface area contributed by atoms with E-state index in [-0.39, 0.29) is 11.7 Å². The summed E-state index contributed by atoms with van der Waals surface area (Å²) in [6.45, 7) is 0. The highest BCUT2D eigenvalue weighted by Crippen LogP contribution is 2.34. The zero-order valence-corrected chi connectivity index (χ0v) is 11.6. The molecule has 0 bridgehead atoms. The van der Waals surface area contributed by atoms with Crippen molar-refractivity contribution < 1.29 is 14.6 Å². The highest BCUT2D eigenvalue weighted by Gasteiger charge is 2.09. The van der Waals surface area contributed by atoms with E-state index < -0.39 is 0 Å². The summed E-state index contributed by atoms with van der Waals surface area (Å²) in [5.41, 5.74) is 1.60. The van der Waals surface area contributed by atoms with E-state index in [0.29, 0.717) is 5.56 Å². The molecule has 0 unspecified atom stereocenters. The van der Waals surface area contributed by atoms with Crippen LogP contribution in [0.1, 0.15) is 10.4 Å². The molecule has 0 saturated heterocycles. The van der Waals surface area contributed by atoms with Crippen LogP contribution in [0.5, 0.6) is 5.75 Å². The van der Waals surface area contributed by atoms with Gasteiger partial charge in [-0.15, -0.1) is 11.3 Å². The predicted octanol–water partition coefficient (Wildman–Crippen LogP) is 4.06. The summed E-state index contributed by atoms with van der Waals surface area (Å²) < 4.78 is 5.77. The Balaban J connectivity index is 2.06. The lowest BCUT2D eigenvalue weighted by Crippen LogP contribution is -1.99. The second-order valence-electron chi connectivity index (χ2n) is 4.40. The molecule has 0 amide bonds. The number of methoxy groups -OCH3 is 1. The third-order valence-corrected chi connectivity index (χ3v) is 4.24. The molecule has 3 rings (SSSR count). The minimum Gasteiger partial charge on any atom is -0.508 e. The first-order valence-electron chi connectivity index (χ1n) is 6.09. The molecule has 20 heavy (non-hydrogen) atoms. The van der Waals surface area contributed by atoms with Gasteiger partial charge in [0.1, 0.15) is 5.75 Å². The van der Waals surface area contributed by atoms with Crippen molar-refractivity contribution in [3.8, 4) is 16.2 Å². The lowest BCUT2D eigenvalue weighted by Gasteiger charge is -1.98. The number of ether oxygens (including phenoxy) is 1. The van der Waals surface area contributed by atoms with E-state index in [4.69, 9.17) is 4.74 Å². The first-order valence-corrected chi connectivity index (χ1v) is 6.90. The van der Waals surface area contributed by atoms with Crippen LogP contribution in [-0.4, -0.2) is 18.2 Å². The van der Waals surface area contributed by atoms with Gasteiger partial charge in [0.15, 0.2) is 0 Å². The molecule has 2 aromatic carbocycles. The fraction of sp³-hybridized carbons (Fsp3) is 0.0625. The second kappa shape index (κ2) is 4.98. The number of carbonyl (C=O) groups excluding carboxylic acids is 1. The minimum absolute atomic E-state index is 0.253. The number of thiophene rings is 1. The third kappa shape index (κ3) is 2.26. The summed E-state index contributed by atoms with van der Waals surface area (Å²) in [4.78, 5) is 12.6. The van der Waals surface area contributed by atoms with E-state index in [1.807, 2.05) is 24.3 Å². The van der Waals surface area contributed by atoms with Gasteiger partial charge in [0.25, 0.3) is 0 Å². The molecule has 100 valence electrons. The number of esters is 1. The zero-order chi connectivity index (χ0) is 14.1. The molecule has 0 atom stereocenters. The molecule has 0 saturated carbocycles. The van der Waals surface area contributed by atoms with Crippen molar-refractivity contribution in [2.24, 2.45) is 0 Å². The highest BCUT2D eigenvalue weighted by atomic mass is 32.1. The van der Waals surface area contributed by atoms with E-state index in [2.05, 4.69) is 6.07 Å². The Morgan fingerprint density at radius 1 is 1.10 bits per heavy atom. The van der Waals surface area contributed by atoms with Crippen molar-refractivity contribution in [2.45, 2.75) is 0 Å². The molecule has 3 aromatic rings. The van der Waals surface area contributed by atoms with Gasteiger partial charge in [0, 0.05) is 9.58 Å². The quantitative estimate of drug-likeness (QED) is 0.722. The first kappa shape index (κ1) is 12.7. The van der Waals surface area contributed by atoms with E-state index in [0.717, 1.165) is 20.5 Å². The molecule has 4 heteroatoms. The van der Waals surface area contributed by atoms with Gasteiger partial charge in [-0.3, -0.25) is 0 Å². The Hall–Kier alpha value is -2.33. The third-order valence-electron chi connectivity index (χ3n) is 3.09. The maximum Gasteiger partial charge on any atom is 0.337 e. The monoisotopic (exact) mass is 284 g/mol. The Morgan fingerprint density at radius 2 is 1.85 bits per heavy atom. The normalized spacial score (nSPS) is 10.7. The molecule has 0 aliphatic heterocycles. The molecular formula is C16H12O3S. The van der Waals surface area contributed by atoms with Crippen LogP contribution in [0.15, 0.2) is 48.5 Å². The number of carbonyl (C=O) groups is 1. The van der Waals surface area contributed by atoms with Crippen LogP contribution >= 0.6 is 11.3 Å². The van der Waals surface area contributed by atoms with Gasteiger partial charge in [-0.2, -0.15) is 0 Å². The van der Waals surface area contributed by atoms with E-state index >= 15 is 0 Å². The molecule has 1 N–H and O–H groups in total. The SMILES string of the molecule is COC(=O)c1ccc2cc(-c3ccc(O)cc3)sc2c1. The molecule has 1 aromatic heterocycles. The average molecular weight is 284 g/mol. The number of phenols is 1. The predicted molar refractivity (Wildman–Crippen MR) is 80.3 cm³/mol. The van der Waals surface area contributed by atoms with Crippen molar-refractivity contribution in [3.05, 3.63) is 54.1 Å². The van der Waals surface area contributed by atoms with Crippen LogP contribution in [0, 0.1) is 0 Å². The maximum atomic E-state index is 11.5. The van der Waals surface area contributed by atoms with Crippen molar-refractivity contribution in [1.29, 1.82) is 0 Å². The lowest BCUT2D eigenvalue weighted by atomic mass is 10.1. The van der Waals surface area contributed by atoms with Gasteiger partial charge in [-0.05, 0) is 53.4 Å². The van der Waals surface area contributed by atoms with E-state index in [1.54, 1.807) is 29.5 Å². The van der Waals surface area contributed by atoms with Crippen molar-refractivity contribution in [1.82, 2.24) is 0 Å². The summed E-state index contributed by atoms with van der Waals surface area (Å²) in [7, 11) is 1.38. The van der Waals surface area contributed by atoms with Gasteiger partial charge < -0.3 is 9.84 Å². The summed E-state index contributed by atoms with van der Waals surface area (Å²) in [6.07, 6.45) is 0. The number of rotatable bonds is 2. The van der Waals surface area contributed by atoms with Crippen LogP contribution in [0.25, 0.3) is 20.5 Å². The van der Waals surface area contributed by atoms with Crippen LogP contribution < -0.4 is 0 Å². The number of hydrogen-bond donors (Lipinski definition) is 1. The van der Waals surface area contributed by atoms with Crippen molar-refractivity contribution in [2.75, 3.05) is 7.11 Å². The largest absolute Gasteiger partial charge is 0.508 e. The summed E-state index contributed by atoms with van der Waals surface area (Å²) >= 11 is 1.61. The van der Waals surface area contributed by atoms with Gasteiger partial charge in [-0.25, -0.2) is 4.79 Å². The first-order chi connectivity index (χ1) is 9.67. The molecule has 3 nitrogen and oxygen atoms in total. The number of hydrogen-bond acceptors (Lipinski definition) is 4. The van der Waals surface area contributed by atoms with Crippen molar-refractivity contribution in [3.63, 3.8) is 0 Å². The van der Waals surface area contributed by atoms with Crippen molar-refractivity contribution >= 4 is 27.4 Å². The standard InChI is InChI=1S/C16H12O3S/c1-19-16(18)12-3-2-11-8-14(20-15(11)9-12)10-4-6-13(17)7-5-10/h2-9,17H,1H3. The number of fused-ring (bicyclic) bond motifs is 1. The van der Waals surface area contributed by atoms with Gasteiger partial charge in [0.2, 0.25) is 0 Å². The molecular weight excluding hydrogens is 272 g/mol. The fourth-order valence-corrected chi connectivity index (χ4v) is 3.15. The number of phenolic OH excluding ortho intramolecular Hbond substituents is 1. The van der Waals surface area contributed by atoms with Crippen LogP contribution in [0.2, 0.25) is 0 Å². The Kier molecular flexibility index (Phi) is 3.16. The summed E-state index contributed by atoms with van der Waals surface area (Å²) in [5.74, 6) is -0.0747. The molecule has 0 radical (unpaired) electrons. The number of benzene rings is 2. The van der Waals surface area contributed by atoms with E-state index in [1.165, 1.54) is 7.11 Å². The van der Waals surface area contributed by atoms with Gasteiger partial charge in [-0.1, -0.05) is 6.07 Å². The average Bonchev–Trinajstić information content (AvgIpc) is 2.90. The summed E-state index contributed by atoms with van der Waals surface area (Å²) in [6, 6.07) is 14.7. The topological polar surface area (TPSA) is 46.5 Å². The Bertz CT molecular complexity index is 772. The van der Waals surface area contributed by atoms with Gasteiger partial charge in [0.05, 0.1) is 12.7 Å². The minimum atomic E-state index is -0.327. The molecule has 0 fully saturated rings. The second-order valence-corrected chi connectivity index (χ2v) is 5.49.